The zero-order valence-electron chi connectivity index (χ0n) is 21.2. The summed E-state index contributed by atoms with van der Waals surface area (Å²) in [5.41, 5.74) is 14.1. The van der Waals surface area contributed by atoms with Gasteiger partial charge in [-0.2, -0.15) is 5.10 Å². The number of anilines is 1. The molecular formula is C26H34N8O. The van der Waals surface area contributed by atoms with Crippen molar-refractivity contribution in [3.63, 3.8) is 0 Å². The molecule has 9 heteroatoms. The Bertz CT molecular complexity index is 1400. The van der Waals surface area contributed by atoms with Gasteiger partial charge in [0.05, 0.1) is 16.7 Å². The highest BCUT2D eigenvalue weighted by molar-refractivity contribution is 5.90. The number of H-pyrrole nitrogens is 1. The van der Waals surface area contributed by atoms with E-state index in [-0.39, 0.29) is 11.8 Å². The number of rotatable bonds is 6. The first-order chi connectivity index (χ1) is 16.7. The van der Waals surface area contributed by atoms with Crippen molar-refractivity contribution >= 4 is 28.4 Å². The smallest absolute Gasteiger partial charge is 0.218 e. The number of primary amides is 1. The van der Waals surface area contributed by atoms with Crippen LogP contribution in [0.15, 0.2) is 24.7 Å². The minimum Gasteiger partial charge on any atom is -0.370 e. The van der Waals surface area contributed by atoms with Gasteiger partial charge in [0.25, 0.3) is 0 Å². The van der Waals surface area contributed by atoms with Gasteiger partial charge < -0.3 is 15.6 Å². The molecule has 1 fully saturated rings. The summed E-state index contributed by atoms with van der Waals surface area (Å²) in [6.45, 7) is 14.2. The number of nitrogens with one attached hydrogen (secondary N) is 1. The van der Waals surface area contributed by atoms with E-state index in [2.05, 4.69) is 77.8 Å². The number of piperazine rings is 1. The number of nitrogens with zero attached hydrogens (tertiary/aromatic N) is 6. The number of hydrogen-bond acceptors (Lipinski definition) is 6. The van der Waals surface area contributed by atoms with E-state index in [1.807, 2.05) is 4.52 Å². The number of fused-ring (bicyclic) bond motifs is 2. The SMILES string of the molecule is Cc1c(-c2[nH]c3ccc(N4CCN(CCC(N)=O)[C@@H](C)C4)nc3c2C(C)C)cn2ncnc2c1C. The maximum absolute atomic E-state index is 11.2. The second kappa shape index (κ2) is 8.96. The summed E-state index contributed by atoms with van der Waals surface area (Å²) in [5.74, 6) is 1.04. The van der Waals surface area contributed by atoms with E-state index in [1.54, 1.807) is 6.33 Å². The van der Waals surface area contributed by atoms with Gasteiger partial charge in [-0.1, -0.05) is 13.8 Å². The number of pyridine rings is 2. The first-order valence-corrected chi connectivity index (χ1v) is 12.3. The third-order valence-electron chi connectivity index (χ3n) is 7.37. The Hall–Kier alpha value is -3.46. The minimum atomic E-state index is -0.246. The summed E-state index contributed by atoms with van der Waals surface area (Å²) in [6, 6.07) is 4.58. The van der Waals surface area contributed by atoms with Crippen molar-refractivity contribution in [1.82, 2.24) is 29.5 Å². The van der Waals surface area contributed by atoms with Crippen molar-refractivity contribution in [2.45, 2.75) is 53.0 Å². The molecular weight excluding hydrogens is 440 g/mol. The second-order valence-electron chi connectivity index (χ2n) is 10.0. The minimum absolute atomic E-state index is 0.246. The van der Waals surface area contributed by atoms with Crippen LogP contribution in [0.3, 0.4) is 0 Å². The van der Waals surface area contributed by atoms with E-state index in [0.29, 0.717) is 19.0 Å². The zero-order valence-corrected chi connectivity index (χ0v) is 21.2. The van der Waals surface area contributed by atoms with Crippen molar-refractivity contribution in [1.29, 1.82) is 0 Å². The van der Waals surface area contributed by atoms with Gasteiger partial charge in [0.1, 0.15) is 12.1 Å². The number of aromatic amines is 1. The molecule has 5 heterocycles. The van der Waals surface area contributed by atoms with Gasteiger partial charge in [-0.05, 0) is 49.9 Å². The van der Waals surface area contributed by atoms with E-state index in [9.17, 15) is 4.79 Å². The Balaban J connectivity index is 1.52. The van der Waals surface area contributed by atoms with E-state index in [1.165, 1.54) is 11.1 Å². The van der Waals surface area contributed by atoms with Gasteiger partial charge in [0.2, 0.25) is 5.91 Å². The fraction of sp³-hybridized carbons (Fsp3) is 0.462. The van der Waals surface area contributed by atoms with Crippen molar-refractivity contribution in [2.24, 2.45) is 5.73 Å². The molecule has 1 saturated heterocycles. The highest BCUT2D eigenvalue weighted by Gasteiger charge is 2.26. The Kier molecular flexibility index (Phi) is 5.96. The molecule has 0 saturated carbocycles. The van der Waals surface area contributed by atoms with E-state index >= 15 is 0 Å². The van der Waals surface area contributed by atoms with Crippen LogP contribution < -0.4 is 10.6 Å². The Morgan fingerprint density at radius 2 is 2.03 bits per heavy atom. The predicted molar refractivity (Wildman–Crippen MR) is 139 cm³/mol. The summed E-state index contributed by atoms with van der Waals surface area (Å²) in [6.07, 6.45) is 4.06. The van der Waals surface area contributed by atoms with Crippen molar-refractivity contribution in [2.75, 3.05) is 31.1 Å². The molecule has 184 valence electrons. The molecule has 1 aliphatic heterocycles. The third kappa shape index (κ3) is 4.14. The molecule has 1 amide bonds. The van der Waals surface area contributed by atoms with Crippen LogP contribution in [0, 0.1) is 13.8 Å². The zero-order chi connectivity index (χ0) is 24.9. The molecule has 9 nitrogen and oxygen atoms in total. The summed E-state index contributed by atoms with van der Waals surface area (Å²) >= 11 is 0. The average molecular weight is 475 g/mol. The maximum Gasteiger partial charge on any atom is 0.218 e. The van der Waals surface area contributed by atoms with Crippen molar-refractivity contribution < 1.29 is 4.79 Å². The van der Waals surface area contributed by atoms with Crippen LogP contribution in [-0.2, 0) is 4.79 Å². The molecule has 5 rings (SSSR count). The van der Waals surface area contributed by atoms with Crippen molar-refractivity contribution in [3.8, 4) is 11.3 Å². The van der Waals surface area contributed by atoms with Crippen LogP contribution in [0.2, 0.25) is 0 Å². The number of amides is 1. The average Bonchev–Trinajstić information content (AvgIpc) is 3.44. The number of aromatic nitrogens is 5. The monoisotopic (exact) mass is 474 g/mol. The molecule has 1 atom stereocenters. The Labute approximate surface area is 205 Å². The second-order valence-corrected chi connectivity index (χ2v) is 10.0. The molecule has 0 aromatic carbocycles. The van der Waals surface area contributed by atoms with Gasteiger partial charge in [0, 0.05) is 56.0 Å². The standard InChI is InChI=1S/C26H34N8O/c1-15(2)23-24(19-13-34-26(28-14-29-34)18(5)17(19)4)30-20-6-7-22(31-25(20)23)33-11-10-32(16(3)12-33)9-8-21(27)35/h6-7,13-16,30H,8-12H2,1-5H3,(H2,27,35)/t16-/m0/s1. The van der Waals surface area contributed by atoms with Gasteiger partial charge in [-0.3, -0.25) is 9.69 Å². The fourth-order valence-electron chi connectivity index (χ4n) is 5.27. The van der Waals surface area contributed by atoms with E-state index < -0.39 is 0 Å². The third-order valence-corrected chi connectivity index (χ3v) is 7.37. The molecule has 35 heavy (non-hydrogen) atoms. The summed E-state index contributed by atoms with van der Waals surface area (Å²) in [7, 11) is 0. The molecule has 4 aromatic heterocycles. The molecule has 0 unspecified atom stereocenters. The molecule has 3 N–H and O–H groups in total. The summed E-state index contributed by atoms with van der Waals surface area (Å²) in [5, 5.41) is 4.39. The van der Waals surface area contributed by atoms with Gasteiger partial charge in [0.15, 0.2) is 5.65 Å². The molecule has 0 spiro atoms. The number of hydrogen-bond donors (Lipinski definition) is 2. The number of carbonyl (C=O) groups is 1. The predicted octanol–water partition coefficient (Wildman–Crippen LogP) is 3.40. The highest BCUT2D eigenvalue weighted by atomic mass is 16.1. The lowest BCUT2D eigenvalue weighted by Crippen LogP contribution is -2.52. The van der Waals surface area contributed by atoms with Gasteiger partial charge in [-0.15, -0.1) is 0 Å². The largest absolute Gasteiger partial charge is 0.370 e. The van der Waals surface area contributed by atoms with Crippen LogP contribution >= 0.6 is 0 Å². The quantitative estimate of drug-likeness (QED) is 0.443. The topological polar surface area (TPSA) is 108 Å². The van der Waals surface area contributed by atoms with Crippen LogP contribution in [0.25, 0.3) is 27.9 Å². The van der Waals surface area contributed by atoms with Crippen molar-refractivity contribution in [3.05, 3.63) is 41.3 Å². The number of nitrogens with two attached hydrogens (primary N) is 1. The molecule has 4 aromatic rings. The summed E-state index contributed by atoms with van der Waals surface area (Å²) < 4.78 is 1.85. The van der Waals surface area contributed by atoms with E-state index in [0.717, 1.165) is 59.0 Å². The lowest BCUT2D eigenvalue weighted by atomic mass is 9.95. The summed E-state index contributed by atoms with van der Waals surface area (Å²) in [4.78, 5) is 29.1. The normalized spacial score (nSPS) is 17.2. The van der Waals surface area contributed by atoms with Gasteiger partial charge >= 0.3 is 0 Å². The lowest BCUT2D eigenvalue weighted by Gasteiger charge is -2.40. The van der Waals surface area contributed by atoms with Crippen LogP contribution in [0.4, 0.5) is 5.82 Å². The Morgan fingerprint density at radius 3 is 2.74 bits per heavy atom. The highest BCUT2D eigenvalue weighted by Crippen LogP contribution is 2.38. The molecule has 0 bridgehead atoms. The lowest BCUT2D eigenvalue weighted by molar-refractivity contribution is -0.118. The molecule has 0 radical (unpaired) electrons. The number of carbonyl (C=O) groups excluding carboxylic acids is 1. The first-order valence-electron chi connectivity index (χ1n) is 12.3. The van der Waals surface area contributed by atoms with Crippen LogP contribution in [0.5, 0.6) is 0 Å². The van der Waals surface area contributed by atoms with Gasteiger partial charge in [-0.25, -0.2) is 14.5 Å². The molecule has 1 aliphatic rings. The van der Waals surface area contributed by atoms with Crippen LogP contribution in [-0.4, -0.2) is 67.6 Å². The van der Waals surface area contributed by atoms with Crippen LogP contribution in [0.1, 0.15) is 49.8 Å². The number of aryl methyl sites for hydroxylation is 1. The maximum atomic E-state index is 11.2. The fourth-order valence-corrected chi connectivity index (χ4v) is 5.27. The van der Waals surface area contributed by atoms with E-state index in [4.69, 9.17) is 10.7 Å². The Morgan fingerprint density at radius 1 is 1.23 bits per heavy atom. The first kappa shape index (κ1) is 23.3. The molecule has 0 aliphatic carbocycles.